The van der Waals surface area contributed by atoms with Gasteiger partial charge in [0.2, 0.25) is 0 Å². The Morgan fingerprint density at radius 2 is 1.97 bits per heavy atom. The molecule has 1 heterocycles. The molecule has 2 aromatic rings. The van der Waals surface area contributed by atoms with E-state index in [1.807, 2.05) is 48.5 Å². The SMILES string of the molecule is C=CCN1C(=O)C2=C(NC1S)c1ccc(C(=O)c3ccccc3)cc1CC2(C)C. The zero-order valence-corrected chi connectivity index (χ0v) is 17.5. The number of hydrogen-bond acceptors (Lipinski definition) is 4. The predicted molar refractivity (Wildman–Crippen MR) is 119 cm³/mol. The van der Waals surface area contributed by atoms with Crippen molar-refractivity contribution in [2.75, 3.05) is 6.54 Å². The van der Waals surface area contributed by atoms with Crippen molar-refractivity contribution in [2.24, 2.45) is 5.41 Å². The first kappa shape index (κ1) is 19.5. The van der Waals surface area contributed by atoms with Gasteiger partial charge in [-0.2, -0.15) is 0 Å². The number of ketones is 1. The molecular weight excluding hydrogens is 380 g/mol. The van der Waals surface area contributed by atoms with E-state index in [0.717, 1.165) is 22.4 Å². The Balaban J connectivity index is 1.79. The fourth-order valence-electron chi connectivity index (χ4n) is 4.25. The highest BCUT2D eigenvalue weighted by molar-refractivity contribution is 7.80. The van der Waals surface area contributed by atoms with Crippen molar-refractivity contribution in [3.05, 3.63) is 89.0 Å². The van der Waals surface area contributed by atoms with Crippen LogP contribution in [0.5, 0.6) is 0 Å². The molecule has 0 radical (unpaired) electrons. The van der Waals surface area contributed by atoms with Crippen molar-refractivity contribution in [2.45, 2.75) is 25.8 Å². The van der Waals surface area contributed by atoms with Crippen LogP contribution in [-0.2, 0) is 11.2 Å². The topological polar surface area (TPSA) is 49.4 Å². The molecule has 0 bridgehead atoms. The van der Waals surface area contributed by atoms with Crippen LogP contribution in [0.3, 0.4) is 0 Å². The summed E-state index contributed by atoms with van der Waals surface area (Å²) < 4.78 is 0. The van der Waals surface area contributed by atoms with Gasteiger partial charge >= 0.3 is 0 Å². The number of hydrogen-bond donors (Lipinski definition) is 2. The average Bonchev–Trinajstić information content (AvgIpc) is 2.69. The molecule has 4 nitrogen and oxygen atoms in total. The maximum absolute atomic E-state index is 13.2. The van der Waals surface area contributed by atoms with Crippen LogP contribution in [-0.4, -0.2) is 28.6 Å². The number of rotatable bonds is 4. The largest absolute Gasteiger partial charge is 0.356 e. The Labute approximate surface area is 176 Å². The van der Waals surface area contributed by atoms with E-state index in [-0.39, 0.29) is 17.1 Å². The van der Waals surface area contributed by atoms with Gasteiger partial charge in [0.25, 0.3) is 5.91 Å². The van der Waals surface area contributed by atoms with E-state index in [2.05, 4.69) is 38.4 Å². The Hall–Kier alpha value is -2.79. The summed E-state index contributed by atoms with van der Waals surface area (Å²) >= 11 is 4.57. The second kappa shape index (κ2) is 7.23. The minimum Gasteiger partial charge on any atom is -0.356 e. The smallest absolute Gasteiger partial charge is 0.255 e. The molecule has 29 heavy (non-hydrogen) atoms. The maximum Gasteiger partial charge on any atom is 0.255 e. The zero-order chi connectivity index (χ0) is 20.8. The van der Waals surface area contributed by atoms with Crippen molar-refractivity contribution < 1.29 is 9.59 Å². The highest BCUT2D eigenvalue weighted by atomic mass is 32.1. The molecule has 0 aromatic heterocycles. The van der Waals surface area contributed by atoms with Crippen LogP contribution in [0.1, 0.15) is 40.9 Å². The third kappa shape index (κ3) is 3.29. The van der Waals surface area contributed by atoms with Gasteiger partial charge in [-0.3, -0.25) is 9.59 Å². The summed E-state index contributed by atoms with van der Waals surface area (Å²) in [6.45, 7) is 8.32. The van der Waals surface area contributed by atoms with E-state index in [4.69, 9.17) is 0 Å². The first-order valence-electron chi connectivity index (χ1n) is 9.68. The molecule has 2 aliphatic rings. The summed E-state index contributed by atoms with van der Waals surface area (Å²) in [5.74, 6) is -0.0124. The summed E-state index contributed by atoms with van der Waals surface area (Å²) in [5.41, 5.74) is 4.15. The first-order chi connectivity index (χ1) is 13.8. The third-order valence-electron chi connectivity index (χ3n) is 5.60. The number of thiol groups is 1. The summed E-state index contributed by atoms with van der Waals surface area (Å²) in [6.07, 6.45) is 2.39. The fourth-order valence-corrected chi connectivity index (χ4v) is 4.58. The molecule has 0 saturated heterocycles. The van der Waals surface area contributed by atoms with Crippen molar-refractivity contribution in [1.82, 2.24) is 10.2 Å². The van der Waals surface area contributed by atoms with E-state index in [9.17, 15) is 9.59 Å². The lowest BCUT2D eigenvalue weighted by Gasteiger charge is -2.44. The summed E-state index contributed by atoms with van der Waals surface area (Å²) in [5, 5.41) is 3.39. The van der Waals surface area contributed by atoms with Gasteiger partial charge in [-0.25, -0.2) is 0 Å². The lowest BCUT2D eigenvalue weighted by atomic mass is 9.70. The lowest BCUT2D eigenvalue weighted by Crippen LogP contribution is -2.53. The molecule has 4 rings (SSSR count). The number of carbonyl (C=O) groups excluding carboxylic acids is 2. The summed E-state index contributed by atoms with van der Waals surface area (Å²) in [6, 6.07) is 15.0. The van der Waals surface area contributed by atoms with Crippen molar-refractivity contribution in [1.29, 1.82) is 0 Å². The minimum atomic E-state index is -0.424. The molecule has 1 atom stereocenters. The standard InChI is InChI=1S/C24H24N2O2S/c1-4-12-26-22(28)19-20(25-23(26)29)18-11-10-16(13-17(18)14-24(19,2)3)21(27)15-8-6-5-7-9-15/h4-11,13,23,25,29H,1,12,14H2,2-3H3. The van der Waals surface area contributed by atoms with Crippen LogP contribution in [0.4, 0.5) is 0 Å². The van der Waals surface area contributed by atoms with Crippen LogP contribution >= 0.6 is 12.6 Å². The Morgan fingerprint density at radius 3 is 2.66 bits per heavy atom. The Kier molecular flexibility index (Phi) is 4.87. The van der Waals surface area contributed by atoms with Crippen LogP contribution in [0, 0.1) is 5.41 Å². The van der Waals surface area contributed by atoms with E-state index >= 15 is 0 Å². The van der Waals surface area contributed by atoms with Gasteiger partial charge in [-0.15, -0.1) is 19.2 Å². The van der Waals surface area contributed by atoms with E-state index in [1.165, 1.54) is 0 Å². The molecule has 0 spiro atoms. The molecule has 1 aliphatic heterocycles. The highest BCUT2D eigenvalue weighted by Crippen LogP contribution is 2.45. The van der Waals surface area contributed by atoms with Crippen molar-refractivity contribution >= 4 is 30.0 Å². The Morgan fingerprint density at radius 1 is 1.24 bits per heavy atom. The predicted octanol–water partition coefficient (Wildman–Crippen LogP) is 4.04. The van der Waals surface area contributed by atoms with E-state index in [0.29, 0.717) is 24.1 Å². The molecule has 5 heteroatoms. The van der Waals surface area contributed by atoms with Gasteiger partial charge in [0, 0.05) is 34.2 Å². The lowest BCUT2D eigenvalue weighted by molar-refractivity contribution is -0.129. The van der Waals surface area contributed by atoms with Crippen molar-refractivity contribution in [3.63, 3.8) is 0 Å². The summed E-state index contributed by atoms with van der Waals surface area (Å²) in [4.78, 5) is 27.8. The first-order valence-corrected chi connectivity index (χ1v) is 10.2. The van der Waals surface area contributed by atoms with E-state index < -0.39 is 5.50 Å². The molecule has 0 fully saturated rings. The number of benzene rings is 2. The minimum absolute atomic E-state index is 0.00268. The normalized spacial score (nSPS) is 19.9. The fraction of sp³-hybridized carbons (Fsp3) is 0.250. The maximum atomic E-state index is 13.2. The molecule has 148 valence electrons. The van der Waals surface area contributed by atoms with Crippen LogP contribution in [0.25, 0.3) is 5.70 Å². The van der Waals surface area contributed by atoms with Gasteiger partial charge in [0.15, 0.2) is 5.78 Å². The summed E-state index contributed by atoms with van der Waals surface area (Å²) in [7, 11) is 0. The number of fused-ring (bicyclic) bond motifs is 2. The zero-order valence-electron chi connectivity index (χ0n) is 16.6. The van der Waals surface area contributed by atoms with Crippen LogP contribution in [0.2, 0.25) is 0 Å². The average molecular weight is 405 g/mol. The Bertz CT molecular complexity index is 1040. The van der Waals surface area contributed by atoms with Crippen LogP contribution in [0.15, 0.2) is 66.8 Å². The van der Waals surface area contributed by atoms with E-state index in [1.54, 1.807) is 11.0 Å². The third-order valence-corrected chi connectivity index (χ3v) is 6.01. The van der Waals surface area contributed by atoms with Gasteiger partial charge in [0.1, 0.15) is 5.50 Å². The van der Waals surface area contributed by atoms with Crippen LogP contribution < -0.4 is 5.32 Å². The monoisotopic (exact) mass is 404 g/mol. The van der Waals surface area contributed by atoms with Gasteiger partial charge in [-0.1, -0.05) is 62.4 Å². The van der Waals surface area contributed by atoms with Gasteiger partial charge in [-0.05, 0) is 18.1 Å². The highest BCUT2D eigenvalue weighted by Gasteiger charge is 2.43. The quantitative estimate of drug-likeness (QED) is 0.459. The van der Waals surface area contributed by atoms with Gasteiger partial charge in [0.05, 0.1) is 5.70 Å². The molecule has 1 unspecified atom stereocenters. The van der Waals surface area contributed by atoms with Gasteiger partial charge < -0.3 is 10.2 Å². The molecular formula is C24H24N2O2S. The second-order valence-electron chi connectivity index (χ2n) is 8.14. The molecule has 0 saturated carbocycles. The number of nitrogens with one attached hydrogen (secondary N) is 1. The number of amides is 1. The molecule has 1 amide bonds. The van der Waals surface area contributed by atoms with Crippen molar-refractivity contribution in [3.8, 4) is 0 Å². The molecule has 1 N–H and O–H groups in total. The number of nitrogens with zero attached hydrogens (tertiary/aromatic N) is 1. The molecule has 2 aromatic carbocycles. The second-order valence-corrected chi connectivity index (χ2v) is 8.63. The molecule has 1 aliphatic carbocycles. The number of carbonyl (C=O) groups is 2.